The first-order chi connectivity index (χ1) is 20.6. The maximum atomic E-state index is 13.4. The van der Waals surface area contributed by atoms with Gasteiger partial charge < -0.3 is 19.4 Å². The Bertz CT molecular complexity index is 1780. The van der Waals surface area contributed by atoms with Gasteiger partial charge in [-0.1, -0.05) is 42.5 Å². The van der Waals surface area contributed by atoms with Crippen LogP contribution >= 0.6 is 0 Å². The lowest BCUT2D eigenvalue weighted by molar-refractivity contribution is 0.0952. The van der Waals surface area contributed by atoms with Gasteiger partial charge in [0, 0.05) is 43.9 Å². The number of nitrogens with zero attached hydrogens (tertiary/aromatic N) is 2. The molecule has 0 bridgehead atoms. The normalized spacial score (nSPS) is 14.1. The molecule has 1 aromatic heterocycles. The Kier molecular flexibility index (Phi) is 9.02. The number of rotatable bonds is 10. The second-order valence-corrected chi connectivity index (χ2v) is 12.4. The van der Waals surface area contributed by atoms with Crippen LogP contribution in [0.5, 0.6) is 5.75 Å². The van der Waals surface area contributed by atoms with Crippen LogP contribution in [0.4, 0.5) is 11.4 Å². The molecule has 1 saturated heterocycles. The molecule has 11 heteroatoms. The van der Waals surface area contributed by atoms with Crippen LogP contribution < -0.4 is 25.1 Å². The fourth-order valence-corrected chi connectivity index (χ4v) is 5.95. The van der Waals surface area contributed by atoms with Crippen molar-refractivity contribution in [3.63, 3.8) is 0 Å². The van der Waals surface area contributed by atoms with Crippen LogP contribution in [0.1, 0.15) is 22.3 Å². The Balaban J connectivity index is 1.29. The highest BCUT2D eigenvalue weighted by Gasteiger charge is 2.22. The van der Waals surface area contributed by atoms with Crippen molar-refractivity contribution in [2.75, 3.05) is 62.3 Å². The summed E-state index contributed by atoms with van der Waals surface area (Å²) in [7, 11) is -1.97. The summed E-state index contributed by atoms with van der Waals surface area (Å²) in [4.78, 5) is 31.5. The summed E-state index contributed by atoms with van der Waals surface area (Å²) in [5, 5.41) is 3.06. The summed E-state index contributed by atoms with van der Waals surface area (Å²) >= 11 is 0. The van der Waals surface area contributed by atoms with Gasteiger partial charge in [-0.05, 0) is 44.2 Å². The number of benzene rings is 3. The van der Waals surface area contributed by atoms with Crippen molar-refractivity contribution < 1.29 is 22.4 Å². The largest absolute Gasteiger partial charge is 0.495 e. The number of anilines is 2. The van der Waals surface area contributed by atoms with Gasteiger partial charge in [-0.3, -0.25) is 19.2 Å². The molecule has 1 amide bonds. The van der Waals surface area contributed by atoms with Crippen molar-refractivity contribution in [3.8, 4) is 17.1 Å². The number of fused-ring (bicyclic) bond motifs is 1. The molecule has 2 heterocycles. The van der Waals surface area contributed by atoms with Crippen LogP contribution in [0.2, 0.25) is 0 Å². The van der Waals surface area contributed by atoms with Crippen molar-refractivity contribution in [1.29, 1.82) is 0 Å². The van der Waals surface area contributed by atoms with Gasteiger partial charge in [-0.25, -0.2) is 8.42 Å². The molecule has 226 valence electrons. The van der Waals surface area contributed by atoms with Crippen LogP contribution in [0.15, 0.2) is 75.9 Å². The molecule has 0 radical (unpaired) electrons. The first kappa shape index (κ1) is 30.1. The van der Waals surface area contributed by atoms with E-state index in [4.69, 9.17) is 9.15 Å². The fraction of sp³-hybridized carbons (Fsp3) is 0.312. The number of para-hydroxylation sites is 2. The third kappa shape index (κ3) is 7.00. The number of hydrogen-bond donors (Lipinski definition) is 2. The highest BCUT2D eigenvalue weighted by Crippen LogP contribution is 2.30. The number of amides is 1. The number of methoxy groups -OCH3 is 1. The first-order valence-corrected chi connectivity index (χ1v) is 16.1. The van der Waals surface area contributed by atoms with Gasteiger partial charge in [0.15, 0.2) is 11.0 Å². The molecule has 1 aliphatic heterocycles. The Labute approximate surface area is 251 Å². The Morgan fingerprint density at radius 2 is 1.70 bits per heavy atom. The van der Waals surface area contributed by atoms with Crippen LogP contribution in [0.25, 0.3) is 22.3 Å². The molecule has 0 spiro atoms. The number of carbonyl (C=O) groups is 1. The number of sulfonamides is 1. The van der Waals surface area contributed by atoms with Crippen molar-refractivity contribution in [3.05, 3.63) is 88.1 Å². The predicted octanol–water partition coefficient (Wildman–Crippen LogP) is 4.09. The summed E-state index contributed by atoms with van der Waals surface area (Å²) in [5.41, 5.74) is 2.14. The van der Waals surface area contributed by atoms with Gasteiger partial charge in [0.1, 0.15) is 11.5 Å². The van der Waals surface area contributed by atoms with Crippen LogP contribution in [0.3, 0.4) is 0 Å². The van der Waals surface area contributed by atoms with E-state index in [-0.39, 0.29) is 27.6 Å². The van der Waals surface area contributed by atoms with Gasteiger partial charge in [0.25, 0.3) is 5.91 Å². The lowest BCUT2D eigenvalue weighted by Gasteiger charge is -2.36. The van der Waals surface area contributed by atoms with Crippen molar-refractivity contribution in [2.24, 2.45) is 0 Å². The highest BCUT2D eigenvalue weighted by atomic mass is 32.2. The number of piperazine rings is 1. The van der Waals surface area contributed by atoms with Gasteiger partial charge in [-0.2, -0.15) is 0 Å². The topological polar surface area (TPSA) is 121 Å². The molecule has 1 fully saturated rings. The predicted molar refractivity (Wildman–Crippen MR) is 170 cm³/mol. The van der Waals surface area contributed by atoms with Crippen LogP contribution in [-0.4, -0.2) is 71.9 Å². The summed E-state index contributed by atoms with van der Waals surface area (Å²) in [6, 6.07) is 20.0. The lowest BCUT2D eigenvalue weighted by Crippen LogP contribution is -2.47. The number of hydrogen-bond acceptors (Lipinski definition) is 8. The summed E-state index contributed by atoms with van der Waals surface area (Å²) in [6.07, 6.45) is 1.73. The van der Waals surface area contributed by atoms with Crippen molar-refractivity contribution in [2.45, 2.75) is 13.3 Å². The van der Waals surface area contributed by atoms with E-state index in [9.17, 15) is 18.0 Å². The van der Waals surface area contributed by atoms with E-state index >= 15 is 0 Å². The summed E-state index contributed by atoms with van der Waals surface area (Å²) < 4.78 is 38.1. The second kappa shape index (κ2) is 12.9. The Hall–Kier alpha value is -4.35. The first-order valence-electron chi connectivity index (χ1n) is 14.2. The zero-order valence-corrected chi connectivity index (χ0v) is 25.4. The molecule has 2 N–H and O–H groups in total. The zero-order valence-electron chi connectivity index (χ0n) is 24.6. The maximum absolute atomic E-state index is 13.4. The van der Waals surface area contributed by atoms with Gasteiger partial charge in [0.05, 0.1) is 35.7 Å². The quantitative estimate of drug-likeness (QED) is 0.260. The molecule has 0 unspecified atom stereocenters. The minimum Gasteiger partial charge on any atom is -0.495 e. The second-order valence-electron chi connectivity index (χ2n) is 10.6. The Morgan fingerprint density at radius 3 is 2.40 bits per heavy atom. The van der Waals surface area contributed by atoms with E-state index in [1.54, 1.807) is 14.0 Å². The SMILES string of the molecule is COc1ccccc1N1CCN(CCCNC(=O)c2cc(NS(C)(=O)=O)cc3c(=O)c(C)c(-c4ccccc4)oc23)CC1. The van der Waals surface area contributed by atoms with E-state index in [0.717, 1.165) is 56.8 Å². The average Bonchev–Trinajstić information content (AvgIpc) is 3.00. The molecule has 1 aliphatic rings. The summed E-state index contributed by atoms with van der Waals surface area (Å²) in [5.74, 6) is 0.779. The lowest BCUT2D eigenvalue weighted by atomic mass is 10.0. The molecule has 43 heavy (non-hydrogen) atoms. The Morgan fingerprint density at radius 1 is 1.00 bits per heavy atom. The van der Waals surface area contributed by atoms with Gasteiger partial charge in [-0.15, -0.1) is 0 Å². The minimum atomic E-state index is -3.65. The molecular formula is C32H36N4O6S. The average molecular weight is 605 g/mol. The third-order valence-electron chi connectivity index (χ3n) is 7.54. The van der Waals surface area contributed by atoms with Crippen molar-refractivity contribution >= 4 is 38.3 Å². The number of carbonyl (C=O) groups excluding carboxylic acids is 1. The molecule has 0 saturated carbocycles. The molecule has 0 atom stereocenters. The monoisotopic (exact) mass is 604 g/mol. The smallest absolute Gasteiger partial charge is 0.255 e. The molecule has 3 aromatic carbocycles. The van der Waals surface area contributed by atoms with Crippen LogP contribution in [-0.2, 0) is 10.0 Å². The summed E-state index contributed by atoms with van der Waals surface area (Å²) in [6.45, 7) is 6.40. The van der Waals surface area contributed by atoms with Gasteiger partial charge >= 0.3 is 0 Å². The molecule has 4 aromatic rings. The maximum Gasteiger partial charge on any atom is 0.255 e. The molecule has 5 rings (SSSR count). The standard InChI is InChI=1S/C32H36N4O6S/c1-22-29(37)25-20-24(34-43(3,39)40)21-26(31(25)42-30(22)23-10-5-4-6-11-23)32(38)33-14-9-15-35-16-18-36(19-17-35)27-12-7-8-13-28(27)41-2/h4-8,10-13,20-21,34H,9,14-19H2,1-3H3,(H,33,38). The zero-order chi connectivity index (χ0) is 30.6. The number of ether oxygens (including phenoxy) is 1. The van der Waals surface area contributed by atoms with Crippen molar-refractivity contribution in [1.82, 2.24) is 10.2 Å². The fourth-order valence-electron chi connectivity index (χ4n) is 5.40. The highest BCUT2D eigenvalue weighted by molar-refractivity contribution is 7.92. The van der Waals surface area contributed by atoms with E-state index in [1.165, 1.54) is 12.1 Å². The van der Waals surface area contributed by atoms with Crippen LogP contribution in [0, 0.1) is 6.92 Å². The number of nitrogens with one attached hydrogen (secondary N) is 2. The molecular weight excluding hydrogens is 568 g/mol. The minimum absolute atomic E-state index is 0.0864. The van der Waals surface area contributed by atoms with E-state index in [2.05, 4.69) is 25.9 Å². The molecule has 10 nitrogen and oxygen atoms in total. The van der Waals surface area contributed by atoms with E-state index in [1.807, 2.05) is 48.5 Å². The molecule has 0 aliphatic carbocycles. The van der Waals surface area contributed by atoms with E-state index < -0.39 is 15.9 Å². The van der Waals surface area contributed by atoms with E-state index in [0.29, 0.717) is 23.4 Å². The third-order valence-corrected chi connectivity index (χ3v) is 8.14. The van der Waals surface area contributed by atoms with Gasteiger partial charge in [0.2, 0.25) is 10.0 Å².